The highest BCUT2D eigenvalue weighted by atomic mass is 15.1. The molecule has 0 radical (unpaired) electrons. The SMILES string of the molecule is CCN(CC)c1ccc(N=Nc2ccc(C#N)cc2)cc1. The molecule has 21 heavy (non-hydrogen) atoms. The minimum absolute atomic E-state index is 0.623. The van der Waals surface area contributed by atoms with Gasteiger partial charge in [0.2, 0.25) is 0 Å². The smallest absolute Gasteiger partial charge is 0.0991 e. The summed E-state index contributed by atoms with van der Waals surface area (Å²) in [6.45, 7) is 6.26. The van der Waals surface area contributed by atoms with Crippen molar-refractivity contribution in [3.8, 4) is 6.07 Å². The summed E-state index contributed by atoms with van der Waals surface area (Å²) in [5.74, 6) is 0. The zero-order valence-corrected chi connectivity index (χ0v) is 12.3. The molecule has 0 aliphatic heterocycles. The molecular formula is C17H18N4. The fraction of sp³-hybridized carbons (Fsp3) is 0.235. The van der Waals surface area contributed by atoms with Gasteiger partial charge in [0.1, 0.15) is 0 Å². The Morgan fingerprint density at radius 2 is 1.33 bits per heavy atom. The van der Waals surface area contributed by atoms with Gasteiger partial charge in [-0.05, 0) is 62.4 Å². The molecule has 0 aromatic heterocycles. The van der Waals surface area contributed by atoms with Gasteiger partial charge < -0.3 is 4.90 Å². The average molecular weight is 278 g/mol. The Labute approximate surface area is 125 Å². The summed E-state index contributed by atoms with van der Waals surface area (Å²) in [6, 6.07) is 17.1. The van der Waals surface area contributed by atoms with Gasteiger partial charge >= 0.3 is 0 Å². The Balaban J connectivity index is 2.08. The molecule has 2 rings (SSSR count). The van der Waals surface area contributed by atoms with E-state index in [0.29, 0.717) is 5.56 Å². The molecule has 0 aliphatic rings. The molecule has 0 N–H and O–H groups in total. The third-order valence-corrected chi connectivity index (χ3v) is 3.26. The van der Waals surface area contributed by atoms with E-state index in [1.54, 1.807) is 24.3 Å². The van der Waals surface area contributed by atoms with Gasteiger partial charge in [-0.15, -0.1) is 0 Å². The highest BCUT2D eigenvalue weighted by molar-refractivity contribution is 5.53. The van der Waals surface area contributed by atoms with Crippen molar-refractivity contribution >= 4 is 17.1 Å². The van der Waals surface area contributed by atoms with Crippen molar-refractivity contribution in [2.75, 3.05) is 18.0 Å². The minimum Gasteiger partial charge on any atom is -0.372 e. The molecule has 0 heterocycles. The number of azo groups is 1. The Morgan fingerprint density at radius 1 is 0.857 bits per heavy atom. The number of nitrogens with zero attached hydrogens (tertiary/aromatic N) is 4. The number of hydrogen-bond donors (Lipinski definition) is 0. The lowest BCUT2D eigenvalue weighted by atomic mass is 10.2. The highest BCUT2D eigenvalue weighted by Crippen LogP contribution is 2.22. The molecule has 106 valence electrons. The van der Waals surface area contributed by atoms with E-state index >= 15 is 0 Å². The lowest BCUT2D eigenvalue weighted by Gasteiger charge is -2.20. The third-order valence-electron chi connectivity index (χ3n) is 3.26. The number of benzene rings is 2. The maximum atomic E-state index is 8.74. The van der Waals surface area contributed by atoms with Crippen LogP contribution in [0, 0.1) is 11.3 Å². The summed E-state index contributed by atoms with van der Waals surface area (Å²) < 4.78 is 0. The van der Waals surface area contributed by atoms with E-state index in [1.165, 1.54) is 5.69 Å². The second-order valence-electron chi connectivity index (χ2n) is 4.55. The molecule has 0 saturated heterocycles. The van der Waals surface area contributed by atoms with Crippen LogP contribution in [-0.4, -0.2) is 13.1 Å². The Bertz CT molecular complexity index is 632. The number of nitriles is 1. The van der Waals surface area contributed by atoms with Gasteiger partial charge in [-0.1, -0.05) is 0 Å². The van der Waals surface area contributed by atoms with Gasteiger partial charge in [0.05, 0.1) is 23.0 Å². The van der Waals surface area contributed by atoms with Crippen LogP contribution in [0.2, 0.25) is 0 Å². The lowest BCUT2D eigenvalue weighted by molar-refractivity contribution is 0.866. The summed E-state index contributed by atoms with van der Waals surface area (Å²) in [7, 11) is 0. The highest BCUT2D eigenvalue weighted by Gasteiger charge is 2.00. The maximum Gasteiger partial charge on any atom is 0.0991 e. The second kappa shape index (κ2) is 7.20. The third kappa shape index (κ3) is 3.90. The van der Waals surface area contributed by atoms with Crippen LogP contribution in [0.3, 0.4) is 0 Å². The molecule has 4 heteroatoms. The molecule has 2 aromatic carbocycles. The largest absolute Gasteiger partial charge is 0.372 e. The van der Waals surface area contributed by atoms with Gasteiger partial charge in [-0.3, -0.25) is 0 Å². The van der Waals surface area contributed by atoms with Gasteiger partial charge in [-0.2, -0.15) is 15.5 Å². The summed E-state index contributed by atoms with van der Waals surface area (Å²) in [6.07, 6.45) is 0. The first-order chi connectivity index (χ1) is 10.3. The quantitative estimate of drug-likeness (QED) is 0.736. The van der Waals surface area contributed by atoms with E-state index in [1.807, 2.05) is 12.1 Å². The van der Waals surface area contributed by atoms with E-state index in [9.17, 15) is 0 Å². The molecular weight excluding hydrogens is 260 g/mol. The van der Waals surface area contributed by atoms with Crippen LogP contribution >= 0.6 is 0 Å². The van der Waals surface area contributed by atoms with Crippen molar-refractivity contribution in [1.82, 2.24) is 0 Å². The van der Waals surface area contributed by atoms with Gasteiger partial charge in [0.25, 0.3) is 0 Å². The zero-order valence-electron chi connectivity index (χ0n) is 12.3. The number of hydrogen-bond acceptors (Lipinski definition) is 4. The Kier molecular flexibility index (Phi) is 5.05. The fourth-order valence-electron chi connectivity index (χ4n) is 2.04. The molecule has 0 amide bonds. The van der Waals surface area contributed by atoms with Crippen LogP contribution in [-0.2, 0) is 0 Å². The summed E-state index contributed by atoms with van der Waals surface area (Å²) in [5.41, 5.74) is 3.37. The average Bonchev–Trinajstić information content (AvgIpc) is 2.55. The Morgan fingerprint density at radius 3 is 1.76 bits per heavy atom. The first-order valence-electron chi connectivity index (χ1n) is 7.03. The topological polar surface area (TPSA) is 51.8 Å². The number of anilines is 1. The molecule has 2 aromatic rings. The molecule has 0 unspecified atom stereocenters. The number of rotatable bonds is 5. The monoisotopic (exact) mass is 278 g/mol. The van der Waals surface area contributed by atoms with Crippen LogP contribution in [0.15, 0.2) is 58.8 Å². The van der Waals surface area contributed by atoms with E-state index in [0.717, 1.165) is 24.5 Å². The van der Waals surface area contributed by atoms with E-state index < -0.39 is 0 Å². The minimum atomic E-state index is 0.623. The van der Waals surface area contributed by atoms with E-state index in [2.05, 4.69) is 47.2 Å². The zero-order chi connectivity index (χ0) is 15.1. The normalized spacial score (nSPS) is 10.5. The van der Waals surface area contributed by atoms with Crippen LogP contribution in [0.4, 0.5) is 17.1 Å². The van der Waals surface area contributed by atoms with Gasteiger partial charge in [0, 0.05) is 18.8 Å². The van der Waals surface area contributed by atoms with Crippen molar-refractivity contribution in [2.24, 2.45) is 10.2 Å². The van der Waals surface area contributed by atoms with E-state index in [-0.39, 0.29) is 0 Å². The first-order valence-corrected chi connectivity index (χ1v) is 7.03. The van der Waals surface area contributed by atoms with Crippen molar-refractivity contribution in [1.29, 1.82) is 5.26 Å². The first kappa shape index (κ1) is 14.7. The predicted octanol–water partition coefficient (Wildman–Crippen LogP) is 4.82. The maximum absolute atomic E-state index is 8.74. The molecule has 0 bridgehead atoms. The predicted molar refractivity (Wildman–Crippen MR) is 85.3 cm³/mol. The molecule has 0 saturated carbocycles. The van der Waals surface area contributed by atoms with Crippen LogP contribution in [0.5, 0.6) is 0 Å². The molecule has 0 aliphatic carbocycles. The van der Waals surface area contributed by atoms with Crippen molar-refractivity contribution in [2.45, 2.75) is 13.8 Å². The van der Waals surface area contributed by atoms with Crippen LogP contribution in [0.25, 0.3) is 0 Å². The molecule has 0 spiro atoms. The second-order valence-corrected chi connectivity index (χ2v) is 4.55. The van der Waals surface area contributed by atoms with Crippen molar-refractivity contribution in [3.05, 3.63) is 54.1 Å². The standard InChI is InChI=1S/C17H18N4/c1-3-21(4-2)17-11-9-16(10-12-17)20-19-15-7-5-14(13-18)6-8-15/h5-12H,3-4H2,1-2H3. The van der Waals surface area contributed by atoms with Crippen LogP contribution in [0.1, 0.15) is 19.4 Å². The van der Waals surface area contributed by atoms with Crippen molar-refractivity contribution < 1.29 is 0 Å². The summed E-state index contributed by atoms with van der Waals surface area (Å²) in [5, 5.41) is 17.1. The molecule has 0 atom stereocenters. The van der Waals surface area contributed by atoms with Gasteiger partial charge in [0.15, 0.2) is 0 Å². The Hall–Kier alpha value is -2.67. The molecule has 4 nitrogen and oxygen atoms in total. The molecule has 0 fully saturated rings. The van der Waals surface area contributed by atoms with Crippen LogP contribution < -0.4 is 4.90 Å². The summed E-state index contributed by atoms with van der Waals surface area (Å²) in [4.78, 5) is 2.28. The lowest BCUT2D eigenvalue weighted by Crippen LogP contribution is -2.21. The van der Waals surface area contributed by atoms with E-state index in [4.69, 9.17) is 5.26 Å². The van der Waals surface area contributed by atoms with Crippen molar-refractivity contribution in [3.63, 3.8) is 0 Å². The fourth-order valence-corrected chi connectivity index (χ4v) is 2.04. The summed E-state index contributed by atoms with van der Waals surface area (Å²) >= 11 is 0. The van der Waals surface area contributed by atoms with Gasteiger partial charge in [-0.25, -0.2) is 0 Å².